The number of sulfonamides is 1. The van der Waals surface area contributed by atoms with Crippen LogP contribution < -0.4 is 19.1 Å². The standard InChI is InChI=1S/C21H25N3O7S/c1-4-18(23(32(3,28)29)16-6-5-7-17(13-16)24(26)27)21(25)22-14(2)15-8-9-19-20(12-15)31-11-10-30-19/h5-9,12-14,18H,4,10-11H2,1-3H3,(H,22,25). The molecule has 0 aliphatic carbocycles. The third kappa shape index (κ3) is 5.10. The highest BCUT2D eigenvalue weighted by atomic mass is 32.2. The van der Waals surface area contributed by atoms with Crippen molar-refractivity contribution in [3.8, 4) is 11.5 Å². The van der Waals surface area contributed by atoms with Crippen LogP contribution in [0.4, 0.5) is 11.4 Å². The number of anilines is 1. The Labute approximate surface area is 186 Å². The van der Waals surface area contributed by atoms with E-state index in [2.05, 4.69) is 5.32 Å². The first-order valence-electron chi connectivity index (χ1n) is 10.1. The van der Waals surface area contributed by atoms with Crippen molar-refractivity contribution < 1.29 is 27.6 Å². The molecule has 3 rings (SSSR count). The van der Waals surface area contributed by atoms with Crippen molar-refractivity contribution in [3.63, 3.8) is 0 Å². The number of ether oxygens (including phenoxy) is 2. The van der Waals surface area contributed by atoms with Crippen molar-refractivity contribution in [1.29, 1.82) is 0 Å². The third-order valence-corrected chi connectivity index (χ3v) is 6.23. The maximum Gasteiger partial charge on any atom is 0.271 e. The fourth-order valence-electron chi connectivity index (χ4n) is 3.53. The van der Waals surface area contributed by atoms with E-state index >= 15 is 0 Å². The van der Waals surface area contributed by atoms with Crippen molar-refractivity contribution in [3.05, 3.63) is 58.1 Å². The van der Waals surface area contributed by atoms with Crippen LogP contribution in [0.25, 0.3) is 0 Å². The highest BCUT2D eigenvalue weighted by Gasteiger charge is 2.33. The number of carbonyl (C=O) groups is 1. The molecule has 11 heteroatoms. The Kier molecular flexibility index (Phi) is 6.87. The zero-order valence-corrected chi connectivity index (χ0v) is 18.8. The fourth-order valence-corrected chi connectivity index (χ4v) is 4.73. The largest absolute Gasteiger partial charge is 0.486 e. The van der Waals surface area contributed by atoms with E-state index in [-0.39, 0.29) is 17.8 Å². The minimum absolute atomic E-state index is 0.0516. The van der Waals surface area contributed by atoms with Crippen LogP contribution in [-0.2, 0) is 14.8 Å². The smallest absolute Gasteiger partial charge is 0.271 e. The Hall–Kier alpha value is -3.34. The first kappa shape index (κ1) is 23.3. The molecule has 0 bridgehead atoms. The van der Waals surface area contributed by atoms with Crippen molar-refractivity contribution in [2.45, 2.75) is 32.4 Å². The Morgan fingerprint density at radius 3 is 2.50 bits per heavy atom. The summed E-state index contributed by atoms with van der Waals surface area (Å²) in [6.45, 7) is 4.35. The van der Waals surface area contributed by atoms with E-state index in [4.69, 9.17) is 9.47 Å². The quantitative estimate of drug-likeness (QED) is 0.471. The topological polar surface area (TPSA) is 128 Å². The first-order chi connectivity index (χ1) is 15.1. The maximum absolute atomic E-state index is 13.1. The molecule has 0 spiro atoms. The number of hydrogen-bond acceptors (Lipinski definition) is 7. The van der Waals surface area contributed by atoms with Gasteiger partial charge in [0.15, 0.2) is 11.5 Å². The van der Waals surface area contributed by atoms with Crippen molar-refractivity contribution in [1.82, 2.24) is 5.32 Å². The number of nitro benzene ring substituents is 1. The highest BCUT2D eigenvalue weighted by Crippen LogP contribution is 2.33. The van der Waals surface area contributed by atoms with Gasteiger partial charge in [-0.3, -0.25) is 19.2 Å². The molecule has 0 radical (unpaired) electrons. The molecule has 1 aliphatic heterocycles. The predicted molar refractivity (Wildman–Crippen MR) is 118 cm³/mol. The SMILES string of the molecule is CCC(C(=O)NC(C)c1ccc2c(c1)OCCO2)N(c1cccc([N+](=O)[O-])c1)S(C)(=O)=O. The number of fused-ring (bicyclic) bond motifs is 1. The van der Waals surface area contributed by atoms with E-state index in [1.807, 2.05) is 0 Å². The zero-order chi connectivity index (χ0) is 23.5. The molecule has 2 aromatic rings. The number of nitro groups is 1. The first-order valence-corrected chi connectivity index (χ1v) is 11.9. The number of nitrogens with one attached hydrogen (secondary N) is 1. The van der Waals surface area contributed by atoms with Crippen LogP contribution in [0.2, 0.25) is 0 Å². The van der Waals surface area contributed by atoms with Crippen molar-refractivity contribution >= 4 is 27.3 Å². The van der Waals surface area contributed by atoms with E-state index in [1.54, 1.807) is 32.0 Å². The molecule has 0 fully saturated rings. The molecule has 0 aromatic heterocycles. The van der Waals surface area contributed by atoms with Crippen LogP contribution in [0.3, 0.4) is 0 Å². The second-order valence-corrected chi connectivity index (χ2v) is 9.25. The Bertz CT molecular complexity index is 1120. The van der Waals surface area contributed by atoms with Crippen LogP contribution in [0.1, 0.15) is 31.9 Å². The molecule has 0 saturated carbocycles. The predicted octanol–water partition coefficient (Wildman–Crippen LogP) is 2.79. The molecule has 2 unspecified atom stereocenters. The van der Waals surface area contributed by atoms with E-state index in [9.17, 15) is 23.3 Å². The number of nitrogens with zero attached hydrogens (tertiary/aromatic N) is 2. The average Bonchev–Trinajstić information content (AvgIpc) is 2.76. The van der Waals surface area contributed by atoms with Gasteiger partial charge in [0.2, 0.25) is 15.9 Å². The lowest BCUT2D eigenvalue weighted by Gasteiger charge is -2.31. The summed E-state index contributed by atoms with van der Waals surface area (Å²) in [5, 5.41) is 14.0. The third-order valence-electron chi connectivity index (χ3n) is 5.05. The number of rotatable bonds is 8. The minimum atomic E-state index is -3.92. The van der Waals surface area contributed by atoms with Crippen molar-refractivity contribution in [2.24, 2.45) is 0 Å². The minimum Gasteiger partial charge on any atom is -0.486 e. The number of carbonyl (C=O) groups excluding carboxylic acids is 1. The molecule has 1 heterocycles. The van der Waals surface area contributed by atoms with E-state index < -0.39 is 32.9 Å². The van der Waals surface area contributed by atoms with Gasteiger partial charge in [0.1, 0.15) is 19.3 Å². The Morgan fingerprint density at radius 2 is 1.88 bits per heavy atom. The molecular formula is C21H25N3O7S. The summed E-state index contributed by atoms with van der Waals surface area (Å²) in [6, 6.07) is 9.00. The average molecular weight is 464 g/mol. The molecule has 2 aromatic carbocycles. The monoisotopic (exact) mass is 463 g/mol. The van der Waals surface area contributed by atoms with E-state index in [0.717, 1.165) is 22.2 Å². The van der Waals surface area contributed by atoms with Gasteiger partial charge in [-0.25, -0.2) is 8.42 Å². The summed E-state index contributed by atoms with van der Waals surface area (Å²) in [5.41, 5.74) is 0.547. The van der Waals surface area contributed by atoms with Crippen LogP contribution in [0, 0.1) is 10.1 Å². The van der Waals surface area contributed by atoms with Gasteiger partial charge in [-0.05, 0) is 37.1 Å². The van der Waals surface area contributed by atoms with Gasteiger partial charge in [0.05, 0.1) is 22.9 Å². The second-order valence-electron chi connectivity index (χ2n) is 7.39. The van der Waals surface area contributed by atoms with Gasteiger partial charge in [-0.2, -0.15) is 0 Å². The summed E-state index contributed by atoms with van der Waals surface area (Å²) in [5.74, 6) is 0.682. The summed E-state index contributed by atoms with van der Waals surface area (Å²) < 4.78 is 37.2. The van der Waals surface area contributed by atoms with Gasteiger partial charge < -0.3 is 14.8 Å². The van der Waals surface area contributed by atoms with E-state index in [0.29, 0.717) is 24.7 Å². The number of hydrogen-bond donors (Lipinski definition) is 1. The van der Waals surface area contributed by atoms with E-state index in [1.165, 1.54) is 18.2 Å². The lowest BCUT2D eigenvalue weighted by molar-refractivity contribution is -0.384. The zero-order valence-electron chi connectivity index (χ0n) is 18.0. The lowest BCUT2D eigenvalue weighted by Crippen LogP contribution is -2.49. The summed E-state index contributed by atoms with van der Waals surface area (Å²) in [4.78, 5) is 23.6. The second kappa shape index (κ2) is 9.43. The summed E-state index contributed by atoms with van der Waals surface area (Å²) >= 11 is 0. The number of non-ortho nitro benzene ring substituents is 1. The summed E-state index contributed by atoms with van der Waals surface area (Å²) in [6.07, 6.45) is 1.13. The van der Waals surface area contributed by atoms with Gasteiger partial charge in [0.25, 0.3) is 5.69 Å². The maximum atomic E-state index is 13.1. The lowest BCUT2D eigenvalue weighted by atomic mass is 10.1. The van der Waals surface area contributed by atoms with Crippen LogP contribution in [0.15, 0.2) is 42.5 Å². The molecule has 10 nitrogen and oxygen atoms in total. The number of amides is 1. The van der Waals surface area contributed by atoms with Crippen LogP contribution in [0.5, 0.6) is 11.5 Å². The van der Waals surface area contributed by atoms with Gasteiger partial charge >= 0.3 is 0 Å². The Morgan fingerprint density at radius 1 is 1.19 bits per heavy atom. The summed E-state index contributed by atoms with van der Waals surface area (Å²) in [7, 11) is -3.92. The van der Waals surface area contributed by atoms with Crippen LogP contribution >= 0.6 is 0 Å². The molecule has 0 saturated heterocycles. The molecule has 1 amide bonds. The van der Waals surface area contributed by atoms with Crippen molar-refractivity contribution in [2.75, 3.05) is 23.8 Å². The normalized spacial score (nSPS) is 14.8. The molecular weight excluding hydrogens is 438 g/mol. The van der Waals surface area contributed by atoms with Gasteiger partial charge in [-0.15, -0.1) is 0 Å². The van der Waals surface area contributed by atoms with Gasteiger partial charge in [0, 0.05) is 12.1 Å². The number of benzene rings is 2. The van der Waals surface area contributed by atoms with Gasteiger partial charge in [-0.1, -0.05) is 19.1 Å². The molecule has 1 aliphatic rings. The molecule has 2 atom stereocenters. The fraction of sp³-hybridized carbons (Fsp3) is 0.381. The molecule has 1 N–H and O–H groups in total. The molecule has 172 valence electrons. The van der Waals surface area contributed by atoms with Crippen LogP contribution in [-0.4, -0.2) is 44.8 Å². The molecule has 32 heavy (non-hydrogen) atoms. The highest BCUT2D eigenvalue weighted by molar-refractivity contribution is 7.92. The Balaban J connectivity index is 1.86.